The van der Waals surface area contributed by atoms with Gasteiger partial charge >= 0.3 is 0 Å². The molecular weight excluding hydrogens is 286 g/mol. The molecule has 2 unspecified atom stereocenters. The maximum atomic E-state index is 12.4. The fraction of sp³-hybridized carbons (Fsp3) is 0.600. The fourth-order valence-corrected chi connectivity index (χ4v) is 4.34. The summed E-state index contributed by atoms with van der Waals surface area (Å²) in [7, 11) is 0.445. The van der Waals surface area contributed by atoms with E-state index in [9.17, 15) is 8.42 Å². The number of hydrogen-bond acceptors (Lipinski definition) is 4. The highest BCUT2D eigenvalue weighted by Gasteiger charge is 2.26. The van der Waals surface area contributed by atoms with Gasteiger partial charge in [0.1, 0.15) is 0 Å². The Kier molecular flexibility index (Phi) is 5.24. The van der Waals surface area contributed by atoms with Gasteiger partial charge in [0.05, 0.1) is 5.75 Å². The average molecular weight is 311 g/mol. The van der Waals surface area contributed by atoms with Gasteiger partial charge in [-0.3, -0.25) is 0 Å². The van der Waals surface area contributed by atoms with Gasteiger partial charge in [0, 0.05) is 31.9 Å². The van der Waals surface area contributed by atoms with Crippen LogP contribution in [0.15, 0.2) is 24.3 Å². The lowest BCUT2D eigenvalue weighted by molar-refractivity contribution is 0.361. The van der Waals surface area contributed by atoms with Crippen LogP contribution in [0.25, 0.3) is 0 Å². The number of nitrogens with zero attached hydrogens (tertiary/aromatic N) is 1. The van der Waals surface area contributed by atoms with E-state index in [-0.39, 0.29) is 17.8 Å². The minimum absolute atomic E-state index is 0.00935. The SMILES string of the molecule is CN(C)c1ccccc1CS(=O)(=O)NC1CCCCC1N. The summed E-state index contributed by atoms with van der Waals surface area (Å²) in [5.41, 5.74) is 7.75. The van der Waals surface area contributed by atoms with Gasteiger partial charge in [0.2, 0.25) is 10.0 Å². The van der Waals surface area contributed by atoms with E-state index in [0.29, 0.717) is 0 Å². The standard InChI is InChI=1S/C15H25N3O2S/c1-18(2)15-10-6-3-7-12(15)11-21(19,20)17-14-9-5-4-8-13(14)16/h3,6-7,10,13-14,17H,4-5,8-9,11,16H2,1-2H3. The minimum Gasteiger partial charge on any atom is -0.377 e. The smallest absolute Gasteiger partial charge is 0.216 e. The van der Waals surface area contributed by atoms with Crippen LogP contribution in [0.5, 0.6) is 0 Å². The molecule has 1 saturated carbocycles. The van der Waals surface area contributed by atoms with Crippen LogP contribution in [0.3, 0.4) is 0 Å². The Morgan fingerprint density at radius 3 is 2.57 bits per heavy atom. The van der Waals surface area contributed by atoms with Crippen molar-refractivity contribution in [3.05, 3.63) is 29.8 Å². The lowest BCUT2D eigenvalue weighted by atomic mass is 9.92. The molecule has 0 spiro atoms. The summed E-state index contributed by atoms with van der Waals surface area (Å²) in [4.78, 5) is 1.93. The van der Waals surface area contributed by atoms with E-state index in [4.69, 9.17) is 5.73 Å². The van der Waals surface area contributed by atoms with Gasteiger partial charge in [-0.25, -0.2) is 13.1 Å². The van der Waals surface area contributed by atoms with Gasteiger partial charge in [0.15, 0.2) is 0 Å². The van der Waals surface area contributed by atoms with E-state index in [0.717, 1.165) is 36.9 Å². The Morgan fingerprint density at radius 1 is 1.24 bits per heavy atom. The van der Waals surface area contributed by atoms with E-state index in [2.05, 4.69) is 4.72 Å². The second kappa shape index (κ2) is 6.77. The number of nitrogens with two attached hydrogens (primary N) is 1. The summed E-state index contributed by atoms with van der Waals surface area (Å²) >= 11 is 0. The maximum Gasteiger partial charge on any atom is 0.216 e. The molecule has 0 saturated heterocycles. The maximum absolute atomic E-state index is 12.4. The molecule has 1 aromatic carbocycles. The van der Waals surface area contributed by atoms with E-state index in [1.54, 1.807) is 0 Å². The van der Waals surface area contributed by atoms with E-state index in [1.165, 1.54) is 0 Å². The van der Waals surface area contributed by atoms with Crippen LogP contribution >= 0.6 is 0 Å². The number of para-hydroxylation sites is 1. The van der Waals surface area contributed by atoms with Crippen LogP contribution in [-0.4, -0.2) is 34.6 Å². The van der Waals surface area contributed by atoms with Crippen LogP contribution in [0.1, 0.15) is 31.2 Å². The van der Waals surface area contributed by atoms with E-state index < -0.39 is 10.0 Å². The molecule has 1 aliphatic carbocycles. The molecule has 118 valence electrons. The highest BCUT2D eigenvalue weighted by molar-refractivity contribution is 7.88. The first kappa shape index (κ1) is 16.3. The summed E-state index contributed by atoms with van der Waals surface area (Å²) in [6.45, 7) is 0. The number of sulfonamides is 1. The summed E-state index contributed by atoms with van der Waals surface area (Å²) in [6.07, 6.45) is 3.84. The predicted molar refractivity (Wildman–Crippen MR) is 86.8 cm³/mol. The molecule has 0 heterocycles. The Morgan fingerprint density at radius 2 is 1.90 bits per heavy atom. The van der Waals surface area contributed by atoms with Gasteiger partial charge in [-0.05, 0) is 24.5 Å². The summed E-state index contributed by atoms with van der Waals surface area (Å²) < 4.78 is 27.6. The summed E-state index contributed by atoms with van der Waals surface area (Å²) in [6, 6.07) is 7.36. The topological polar surface area (TPSA) is 75.4 Å². The van der Waals surface area contributed by atoms with Crippen molar-refractivity contribution in [3.8, 4) is 0 Å². The monoisotopic (exact) mass is 311 g/mol. The molecule has 0 aliphatic heterocycles. The molecular formula is C15H25N3O2S. The number of benzene rings is 1. The highest BCUT2D eigenvalue weighted by Crippen LogP contribution is 2.22. The third-order valence-corrected chi connectivity index (χ3v) is 5.32. The Labute approximate surface area is 127 Å². The molecule has 1 aromatic rings. The third kappa shape index (κ3) is 4.43. The molecule has 2 rings (SSSR count). The highest BCUT2D eigenvalue weighted by atomic mass is 32.2. The molecule has 1 aliphatic rings. The first-order chi connectivity index (χ1) is 9.89. The molecule has 0 bridgehead atoms. The molecule has 0 aromatic heterocycles. The van der Waals surface area contributed by atoms with Crippen LogP contribution in [0, 0.1) is 0 Å². The lowest BCUT2D eigenvalue weighted by Gasteiger charge is -2.29. The molecule has 2 atom stereocenters. The first-order valence-corrected chi connectivity index (χ1v) is 9.05. The quantitative estimate of drug-likeness (QED) is 0.863. The predicted octanol–water partition coefficient (Wildman–Crippen LogP) is 1.44. The van der Waals surface area contributed by atoms with Gasteiger partial charge in [-0.2, -0.15) is 0 Å². The Hall–Kier alpha value is -1.11. The second-order valence-electron chi connectivity index (χ2n) is 5.95. The molecule has 0 radical (unpaired) electrons. The van der Waals surface area contributed by atoms with Crippen LogP contribution < -0.4 is 15.4 Å². The van der Waals surface area contributed by atoms with Gasteiger partial charge < -0.3 is 10.6 Å². The Bertz CT molecular complexity index is 572. The van der Waals surface area contributed by atoms with Crippen molar-refractivity contribution in [1.29, 1.82) is 0 Å². The molecule has 0 amide bonds. The van der Waals surface area contributed by atoms with Crippen LogP contribution in [0.4, 0.5) is 5.69 Å². The van der Waals surface area contributed by atoms with Gasteiger partial charge in [0.25, 0.3) is 0 Å². The zero-order valence-electron chi connectivity index (χ0n) is 12.7. The van der Waals surface area contributed by atoms with Crippen molar-refractivity contribution in [3.63, 3.8) is 0 Å². The number of nitrogens with one attached hydrogen (secondary N) is 1. The Balaban J connectivity index is 2.11. The number of rotatable bonds is 5. The van der Waals surface area contributed by atoms with E-state index in [1.807, 2.05) is 43.3 Å². The molecule has 3 N–H and O–H groups in total. The minimum atomic E-state index is -3.38. The van der Waals surface area contributed by atoms with Crippen molar-refractivity contribution in [1.82, 2.24) is 4.72 Å². The third-order valence-electron chi connectivity index (χ3n) is 3.97. The first-order valence-electron chi connectivity index (χ1n) is 7.40. The zero-order valence-corrected chi connectivity index (χ0v) is 13.6. The second-order valence-corrected chi connectivity index (χ2v) is 7.71. The number of anilines is 1. The van der Waals surface area contributed by atoms with Crippen molar-refractivity contribution in [2.45, 2.75) is 43.5 Å². The summed E-state index contributed by atoms with van der Waals surface area (Å²) in [5, 5.41) is 0. The largest absolute Gasteiger partial charge is 0.377 e. The number of hydrogen-bond donors (Lipinski definition) is 2. The molecule has 21 heavy (non-hydrogen) atoms. The van der Waals surface area contributed by atoms with Crippen molar-refractivity contribution in [2.24, 2.45) is 5.73 Å². The van der Waals surface area contributed by atoms with Crippen LogP contribution in [-0.2, 0) is 15.8 Å². The molecule has 6 heteroatoms. The van der Waals surface area contributed by atoms with Gasteiger partial charge in [-0.15, -0.1) is 0 Å². The van der Waals surface area contributed by atoms with Crippen molar-refractivity contribution >= 4 is 15.7 Å². The average Bonchev–Trinajstić information content (AvgIpc) is 2.41. The van der Waals surface area contributed by atoms with Gasteiger partial charge in [-0.1, -0.05) is 31.0 Å². The van der Waals surface area contributed by atoms with E-state index >= 15 is 0 Å². The molecule has 5 nitrogen and oxygen atoms in total. The zero-order chi connectivity index (χ0) is 15.5. The van der Waals surface area contributed by atoms with Crippen LogP contribution in [0.2, 0.25) is 0 Å². The lowest BCUT2D eigenvalue weighted by Crippen LogP contribution is -2.49. The molecule has 1 fully saturated rings. The van der Waals surface area contributed by atoms with Crippen molar-refractivity contribution < 1.29 is 8.42 Å². The normalized spacial score (nSPS) is 23.0. The van der Waals surface area contributed by atoms with Crippen molar-refractivity contribution in [2.75, 3.05) is 19.0 Å². The summed E-state index contributed by atoms with van der Waals surface area (Å²) in [5.74, 6) is -0.00935. The fourth-order valence-electron chi connectivity index (χ4n) is 2.85.